The van der Waals surface area contributed by atoms with Gasteiger partial charge in [-0.1, -0.05) is 12.2 Å². The first-order valence-electron chi connectivity index (χ1n) is 4.69. The maximum absolute atomic E-state index is 5.60. The lowest BCUT2D eigenvalue weighted by molar-refractivity contribution is 0.479. The minimum Gasteiger partial charge on any atom is -0.456 e. The molecule has 0 amide bonds. The fourth-order valence-corrected chi connectivity index (χ4v) is 1.65. The molecule has 2 heterocycles. The van der Waals surface area contributed by atoms with Crippen LogP contribution < -0.4 is 10.5 Å². The highest BCUT2D eigenvalue weighted by molar-refractivity contribution is 9.10. The summed E-state index contributed by atoms with van der Waals surface area (Å²) < 4.78 is 6.45. The van der Waals surface area contributed by atoms with Crippen molar-refractivity contribution >= 4 is 33.1 Å². The number of nitrogens with zero attached hydrogens (tertiary/aromatic N) is 2. The molecule has 4 nitrogen and oxygen atoms in total. The number of nitrogens with two attached hydrogens (primary N) is 1. The van der Waals surface area contributed by atoms with E-state index in [4.69, 9.17) is 22.7 Å². The van der Waals surface area contributed by atoms with Crippen molar-refractivity contribution in [3.05, 3.63) is 47.0 Å². The fourth-order valence-electron chi connectivity index (χ4n) is 1.19. The van der Waals surface area contributed by atoms with Crippen LogP contribution in [0.4, 0.5) is 0 Å². The molecule has 0 saturated carbocycles. The third-order valence-corrected chi connectivity index (χ3v) is 2.54. The Morgan fingerprint density at radius 1 is 1.29 bits per heavy atom. The molecule has 2 N–H and O–H groups in total. The molecule has 0 fully saturated rings. The third-order valence-electron chi connectivity index (χ3n) is 1.90. The summed E-state index contributed by atoms with van der Waals surface area (Å²) in [6.07, 6.45) is 4.89. The molecule has 0 unspecified atom stereocenters. The van der Waals surface area contributed by atoms with Gasteiger partial charge in [0.2, 0.25) is 0 Å². The lowest BCUT2D eigenvalue weighted by Gasteiger charge is -2.06. The highest BCUT2D eigenvalue weighted by atomic mass is 79.9. The van der Waals surface area contributed by atoms with Crippen LogP contribution in [0.3, 0.4) is 0 Å². The highest BCUT2D eigenvalue weighted by Gasteiger charge is 2.02. The fraction of sp³-hybridized carbons (Fsp3) is 0. The van der Waals surface area contributed by atoms with Crippen LogP contribution in [0, 0.1) is 0 Å². The second-order valence-corrected chi connectivity index (χ2v) is 4.54. The predicted molar refractivity (Wildman–Crippen MR) is 72.1 cm³/mol. The van der Waals surface area contributed by atoms with Crippen molar-refractivity contribution in [2.45, 2.75) is 0 Å². The topological polar surface area (TPSA) is 61.0 Å². The van der Waals surface area contributed by atoms with E-state index in [2.05, 4.69) is 25.9 Å². The van der Waals surface area contributed by atoms with Gasteiger partial charge in [-0.05, 0) is 28.1 Å². The average Bonchev–Trinajstić information content (AvgIpc) is 2.29. The molecule has 0 bridgehead atoms. The Hall–Kier alpha value is -1.53. The average molecular weight is 310 g/mol. The van der Waals surface area contributed by atoms with E-state index >= 15 is 0 Å². The monoisotopic (exact) mass is 309 g/mol. The minimum absolute atomic E-state index is 0.239. The van der Waals surface area contributed by atoms with Crippen LogP contribution in [0.15, 0.2) is 41.3 Å². The molecule has 0 radical (unpaired) electrons. The summed E-state index contributed by atoms with van der Waals surface area (Å²) in [5.41, 5.74) is 6.02. The summed E-state index contributed by atoms with van der Waals surface area (Å²) in [4.78, 5) is 8.27. The van der Waals surface area contributed by atoms with Gasteiger partial charge < -0.3 is 10.5 Å². The number of pyridine rings is 2. The molecule has 2 aromatic rings. The van der Waals surface area contributed by atoms with Crippen LogP contribution in [0.2, 0.25) is 0 Å². The van der Waals surface area contributed by atoms with Crippen LogP contribution in [-0.2, 0) is 0 Å². The van der Waals surface area contributed by atoms with Crippen molar-refractivity contribution in [1.29, 1.82) is 0 Å². The number of hydrogen-bond acceptors (Lipinski definition) is 4. The number of thiocarbonyl (C=S) groups is 1. The zero-order valence-corrected chi connectivity index (χ0v) is 11.0. The maximum Gasteiger partial charge on any atom is 0.146 e. The molecule has 0 aromatic carbocycles. The van der Waals surface area contributed by atoms with Gasteiger partial charge in [0.15, 0.2) is 0 Å². The molecule has 0 aliphatic carbocycles. The quantitative estimate of drug-likeness (QED) is 0.883. The first-order chi connectivity index (χ1) is 8.15. The van der Waals surface area contributed by atoms with Gasteiger partial charge in [0, 0.05) is 22.9 Å². The van der Waals surface area contributed by atoms with Gasteiger partial charge in [0.05, 0.1) is 6.20 Å². The Labute approximate surface area is 112 Å². The number of ether oxygens (including phenoxy) is 1. The molecular formula is C11H8BrN3OS. The standard InChI is InChI=1S/C11H8BrN3OS/c12-7-3-9(6-14-5-7)16-8-1-2-15-10(4-8)11(13)17/h1-6H,(H2,13,17). The first kappa shape index (κ1) is 11.9. The lowest BCUT2D eigenvalue weighted by atomic mass is 10.3. The van der Waals surface area contributed by atoms with E-state index in [1.807, 2.05) is 6.07 Å². The number of hydrogen-bond donors (Lipinski definition) is 1. The largest absolute Gasteiger partial charge is 0.456 e. The number of halogens is 1. The smallest absolute Gasteiger partial charge is 0.146 e. The molecular weight excluding hydrogens is 302 g/mol. The number of aromatic nitrogens is 2. The van der Waals surface area contributed by atoms with Gasteiger partial charge in [0.25, 0.3) is 0 Å². The van der Waals surface area contributed by atoms with E-state index in [0.717, 1.165) is 4.47 Å². The van der Waals surface area contributed by atoms with Gasteiger partial charge in [-0.3, -0.25) is 9.97 Å². The highest BCUT2D eigenvalue weighted by Crippen LogP contribution is 2.23. The Morgan fingerprint density at radius 2 is 2.12 bits per heavy atom. The SMILES string of the molecule is NC(=S)c1cc(Oc2cncc(Br)c2)ccn1. The molecule has 0 spiro atoms. The zero-order chi connectivity index (χ0) is 12.3. The molecule has 0 aliphatic heterocycles. The zero-order valence-electron chi connectivity index (χ0n) is 8.63. The van der Waals surface area contributed by atoms with Crippen molar-refractivity contribution in [1.82, 2.24) is 9.97 Å². The molecule has 0 aliphatic rings. The Bertz CT molecular complexity index is 562. The van der Waals surface area contributed by atoms with Crippen LogP contribution in [0.25, 0.3) is 0 Å². The van der Waals surface area contributed by atoms with Gasteiger partial charge in [-0.25, -0.2) is 0 Å². The lowest BCUT2D eigenvalue weighted by Crippen LogP contribution is -2.11. The van der Waals surface area contributed by atoms with Gasteiger partial charge >= 0.3 is 0 Å². The minimum atomic E-state index is 0.239. The first-order valence-corrected chi connectivity index (χ1v) is 5.89. The van der Waals surface area contributed by atoms with Crippen molar-refractivity contribution in [2.24, 2.45) is 5.73 Å². The number of rotatable bonds is 3. The predicted octanol–water partition coefficient (Wildman–Crippen LogP) is 2.67. The molecule has 0 atom stereocenters. The van der Waals surface area contributed by atoms with E-state index in [9.17, 15) is 0 Å². The normalized spacial score (nSPS) is 9.94. The summed E-state index contributed by atoms with van der Waals surface area (Å²) >= 11 is 8.16. The second-order valence-electron chi connectivity index (χ2n) is 3.18. The van der Waals surface area contributed by atoms with Crippen molar-refractivity contribution in [2.75, 3.05) is 0 Å². The van der Waals surface area contributed by atoms with Crippen molar-refractivity contribution < 1.29 is 4.74 Å². The van der Waals surface area contributed by atoms with Crippen LogP contribution in [-0.4, -0.2) is 15.0 Å². The van der Waals surface area contributed by atoms with Crippen molar-refractivity contribution in [3.63, 3.8) is 0 Å². The van der Waals surface area contributed by atoms with Crippen LogP contribution in [0.5, 0.6) is 11.5 Å². The summed E-state index contributed by atoms with van der Waals surface area (Å²) in [5, 5.41) is 0. The summed E-state index contributed by atoms with van der Waals surface area (Å²) in [7, 11) is 0. The molecule has 2 aromatic heterocycles. The third kappa shape index (κ3) is 3.21. The second kappa shape index (κ2) is 5.20. The Kier molecular flexibility index (Phi) is 3.65. The maximum atomic E-state index is 5.60. The van der Waals surface area contributed by atoms with E-state index in [0.29, 0.717) is 17.2 Å². The molecule has 86 valence electrons. The van der Waals surface area contributed by atoms with Crippen LogP contribution >= 0.6 is 28.1 Å². The molecule has 6 heteroatoms. The molecule has 2 rings (SSSR count). The van der Waals surface area contributed by atoms with Crippen LogP contribution in [0.1, 0.15) is 5.69 Å². The van der Waals surface area contributed by atoms with Gasteiger partial charge in [-0.2, -0.15) is 0 Å². The summed E-state index contributed by atoms with van der Waals surface area (Å²) in [6, 6.07) is 5.22. The molecule has 17 heavy (non-hydrogen) atoms. The molecule has 0 saturated heterocycles. The summed E-state index contributed by atoms with van der Waals surface area (Å²) in [6.45, 7) is 0. The van der Waals surface area contributed by atoms with E-state index in [1.165, 1.54) is 0 Å². The Balaban J connectivity index is 2.24. The van der Waals surface area contributed by atoms with Gasteiger partial charge in [0.1, 0.15) is 22.2 Å². The summed E-state index contributed by atoms with van der Waals surface area (Å²) in [5.74, 6) is 1.24. The Morgan fingerprint density at radius 3 is 2.82 bits per heavy atom. The van der Waals surface area contributed by atoms with Gasteiger partial charge in [-0.15, -0.1) is 0 Å². The van der Waals surface area contributed by atoms with E-state index in [1.54, 1.807) is 30.7 Å². The van der Waals surface area contributed by atoms with E-state index in [-0.39, 0.29) is 4.99 Å². The van der Waals surface area contributed by atoms with E-state index < -0.39 is 0 Å². The van der Waals surface area contributed by atoms with Crippen molar-refractivity contribution in [3.8, 4) is 11.5 Å².